The maximum absolute atomic E-state index is 11.0. The monoisotopic (exact) mass is 419 g/mol. The van der Waals surface area contributed by atoms with Gasteiger partial charge in [0.25, 0.3) is 0 Å². The SMILES string of the molecule is CCC(c1ccccc1)(C(O)OC)n1ncc2c1nc(N)n1nc(-c3ccco3)nc21. The standard InChI is InChI=1S/C21H21N7O3/c1-3-21(19(29)30-2,13-8-5-4-6-9-13)28-18-14(12-23-28)17-24-16(15-10-7-11-31-15)26-27(17)20(22)25-18/h4-12,19,29H,3H2,1-2H3,(H2,22,25). The van der Waals surface area contributed by atoms with Crippen molar-refractivity contribution in [1.29, 1.82) is 0 Å². The lowest BCUT2D eigenvalue weighted by molar-refractivity contribution is -0.139. The van der Waals surface area contributed by atoms with Gasteiger partial charge in [0, 0.05) is 7.11 Å². The molecule has 0 fully saturated rings. The van der Waals surface area contributed by atoms with Crippen LogP contribution in [0.25, 0.3) is 28.3 Å². The Morgan fingerprint density at radius 3 is 2.65 bits per heavy atom. The second kappa shape index (κ2) is 7.18. The predicted octanol–water partition coefficient (Wildman–Crippen LogP) is 2.43. The van der Waals surface area contributed by atoms with Crippen LogP contribution in [0, 0.1) is 0 Å². The van der Waals surface area contributed by atoms with E-state index in [0.717, 1.165) is 5.56 Å². The maximum atomic E-state index is 11.0. The molecule has 0 spiro atoms. The highest BCUT2D eigenvalue weighted by molar-refractivity contribution is 5.90. The number of aliphatic hydroxyl groups excluding tert-OH is 1. The molecule has 10 nitrogen and oxygen atoms in total. The summed E-state index contributed by atoms with van der Waals surface area (Å²) in [5.41, 5.74) is 6.99. The van der Waals surface area contributed by atoms with Gasteiger partial charge in [0.15, 0.2) is 23.3 Å². The van der Waals surface area contributed by atoms with Gasteiger partial charge in [-0.05, 0) is 24.1 Å². The predicted molar refractivity (Wildman–Crippen MR) is 113 cm³/mol. The third-order valence-electron chi connectivity index (χ3n) is 5.59. The summed E-state index contributed by atoms with van der Waals surface area (Å²) < 4.78 is 13.9. The Labute approximate surface area is 176 Å². The Morgan fingerprint density at radius 2 is 1.97 bits per heavy atom. The van der Waals surface area contributed by atoms with Gasteiger partial charge in [0.1, 0.15) is 5.54 Å². The minimum atomic E-state index is -1.18. The number of hydrogen-bond acceptors (Lipinski definition) is 8. The topological polar surface area (TPSA) is 130 Å². The molecule has 158 valence electrons. The van der Waals surface area contributed by atoms with Crippen molar-refractivity contribution in [3.8, 4) is 11.6 Å². The zero-order chi connectivity index (χ0) is 21.6. The smallest absolute Gasteiger partial charge is 0.225 e. The number of benzene rings is 1. The highest BCUT2D eigenvalue weighted by Crippen LogP contribution is 2.37. The molecule has 5 aromatic rings. The van der Waals surface area contributed by atoms with E-state index in [1.54, 1.807) is 29.3 Å². The van der Waals surface area contributed by atoms with Gasteiger partial charge in [-0.25, -0.2) is 9.67 Å². The molecule has 0 aliphatic heterocycles. The summed E-state index contributed by atoms with van der Waals surface area (Å²) in [6.45, 7) is 1.96. The number of methoxy groups -OCH3 is 1. The summed E-state index contributed by atoms with van der Waals surface area (Å²) in [5.74, 6) is 1.05. The van der Waals surface area contributed by atoms with Crippen LogP contribution in [0.5, 0.6) is 0 Å². The number of rotatable bonds is 6. The van der Waals surface area contributed by atoms with E-state index in [-0.39, 0.29) is 5.95 Å². The van der Waals surface area contributed by atoms with Crippen LogP contribution in [-0.2, 0) is 10.3 Å². The van der Waals surface area contributed by atoms with Crippen molar-refractivity contribution in [1.82, 2.24) is 29.4 Å². The van der Waals surface area contributed by atoms with Gasteiger partial charge < -0.3 is 20.0 Å². The van der Waals surface area contributed by atoms with Crippen LogP contribution in [0.2, 0.25) is 0 Å². The molecule has 0 aliphatic rings. The van der Waals surface area contributed by atoms with E-state index < -0.39 is 11.8 Å². The quantitative estimate of drug-likeness (QED) is 0.402. The van der Waals surface area contributed by atoms with E-state index in [2.05, 4.69) is 20.2 Å². The first kappa shape index (κ1) is 19.2. The summed E-state index contributed by atoms with van der Waals surface area (Å²) in [4.78, 5) is 9.15. The van der Waals surface area contributed by atoms with Crippen LogP contribution in [0.1, 0.15) is 18.9 Å². The summed E-state index contributed by atoms with van der Waals surface area (Å²) in [6.07, 6.45) is 2.50. The van der Waals surface area contributed by atoms with Crippen LogP contribution in [0.15, 0.2) is 59.3 Å². The maximum Gasteiger partial charge on any atom is 0.225 e. The van der Waals surface area contributed by atoms with Crippen molar-refractivity contribution < 1.29 is 14.3 Å². The molecular weight excluding hydrogens is 398 g/mol. The van der Waals surface area contributed by atoms with Crippen molar-refractivity contribution in [2.24, 2.45) is 0 Å². The van der Waals surface area contributed by atoms with E-state index in [0.29, 0.717) is 34.7 Å². The van der Waals surface area contributed by atoms with Crippen molar-refractivity contribution >= 4 is 22.6 Å². The van der Waals surface area contributed by atoms with Gasteiger partial charge in [-0.1, -0.05) is 37.3 Å². The number of furan rings is 1. The number of nitrogens with two attached hydrogens (primary N) is 1. The van der Waals surface area contributed by atoms with Crippen LogP contribution in [-0.4, -0.2) is 47.9 Å². The van der Waals surface area contributed by atoms with E-state index in [4.69, 9.17) is 14.9 Å². The van der Waals surface area contributed by atoms with Crippen molar-refractivity contribution in [2.45, 2.75) is 25.2 Å². The van der Waals surface area contributed by atoms with Gasteiger partial charge in [-0.3, -0.25) is 0 Å². The molecule has 0 radical (unpaired) electrons. The lowest BCUT2D eigenvalue weighted by Gasteiger charge is -2.37. The molecule has 0 saturated carbocycles. The molecule has 1 aromatic carbocycles. The van der Waals surface area contributed by atoms with Gasteiger partial charge in [-0.15, -0.1) is 5.10 Å². The summed E-state index contributed by atoms with van der Waals surface area (Å²) in [6, 6.07) is 13.1. The van der Waals surface area contributed by atoms with E-state index in [1.165, 1.54) is 11.6 Å². The summed E-state index contributed by atoms with van der Waals surface area (Å²) in [7, 11) is 1.46. The molecule has 2 unspecified atom stereocenters. The fourth-order valence-electron chi connectivity index (χ4n) is 4.03. The van der Waals surface area contributed by atoms with E-state index in [1.807, 2.05) is 37.3 Å². The van der Waals surface area contributed by atoms with E-state index >= 15 is 0 Å². The normalized spacial score (nSPS) is 14.8. The zero-order valence-corrected chi connectivity index (χ0v) is 17.0. The number of ether oxygens (including phenoxy) is 1. The molecule has 0 saturated heterocycles. The van der Waals surface area contributed by atoms with Crippen LogP contribution in [0.4, 0.5) is 5.95 Å². The average molecular weight is 419 g/mol. The lowest BCUT2D eigenvalue weighted by Crippen LogP contribution is -2.47. The molecule has 0 amide bonds. The lowest BCUT2D eigenvalue weighted by atomic mass is 9.86. The molecule has 3 N–H and O–H groups in total. The fourth-order valence-corrected chi connectivity index (χ4v) is 4.03. The highest BCUT2D eigenvalue weighted by Gasteiger charge is 2.43. The molecule has 0 bridgehead atoms. The molecule has 2 atom stereocenters. The van der Waals surface area contributed by atoms with Crippen LogP contribution >= 0.6 is 0 Å². The minimum absolute atomic E-state index is 0.138. The number of fused-ring (bicyclic) bond motifs is 3. The van der Waals surface area contributed by atoms with Gasteiger partial charge in [-0.2, -0.15) is 14.6 Å². The zero-order valence-electron chi connectivity index (χ0n) is 17.0. The van der Waals surface area contributed by atoms with Crippen molar-refractivity contribution in [3.05, 3.63) is 60.5 Å². The van der Waals surface area contributed by atoms with Crippen molar-refractivity contribution in [3.63, 3.8) is 0 Å². The molecular formula is C21H21N7O3. The fraction of sp³-hybridized carbons (Fsp3) is 0.238. The van der Waals surface area contributed by atoms with Gasteiger partial charge in [0.05, 0.1) is 17.8 Å². The second-order valence-corrected chi connectivity index (χ2v) is 7.14. The third-order valence-corrected chi connectivity index (χ3v) is 5.59. The Kier molecular flexibility index (Phi) is 4.45. The van der Waals surface area contributed by atoms with Crippen LogP contribution < -0.4 is 5.73 Å². The van der Waals surface area contributed by atoms with Crippen LogP contribution in [0.3, 0.4) is 0 Å². The Morgan fingerprint density at radius 1 is 1.16 bits per heavy atom. The Hall–Kier alpha value is -3.76. The number of aliphatic hydroxyl groups is 1. The number of aromatic nitrogens is 6. The molecule has 4 heterocycles. The average Bonchev–Trinajstić information content (AvgIpc) is 3.55. The highest BCUT2D eigenvalue weighted by atomic mass is 16.6. The molecule has 4 aromatic heterocycles. The van der Waals surface area contributed by atoms with E-state index in [9.17, 15) is 5.11 Å². The largest absolute Gasteiger partial charge is 0.461 e. The van der Waals surface area contributed by atoms with Gasteiger partial charge >= 0.3 is 0 Å². The number of anilines is 1. The second-order valence-electron chi connectivity index (χ2n) is 7.14. The Balaban J connectivity index is 1.80. The van der Waals surface area contributed by atoms with Crippen molar-refractivity contribution in [2.75, 3.05) is 12.8 Å². The van der Waals surface area contributed by atoms with Gasteiger partial charge in [0.2, 0.25) is 11.8 Å². The first-order valence-electron chi connectivity index (χ1n) is 9.81. The molecule has 5 rings (SSSR count). The summed E-state index contributed by atoms with van der Waals surface area (Å²) in [5, 5.41) is 20.6. The number of nitrogens with zero attached hydrogens (tertiary/aromatic N) is 6. The summed E-state index contributed by atoms with van der Waals surface area (Å²) >= 11 is 0. The number of nitrogen functional groups attached to an aromatic ring is 1. The number of hydrogen-bond donors (Lipinski definition) is 2. The third kappa shape index (κ3) is 2.72. The Bertz CT molecular complexity index is 1340. The molecule has 10 heteroatoms. The molecule has 31 heavy (non-hydrogen) atoms. The molecule has 0 aliphatic carbocycles. The first-order valence-corrected chi connectivity index (χ1v) is 9.81. The minimum Gasteiger partial charge on any atom is -0.461 e. The first-order chi connectivity index (χ1) is 15.1.